The average Bonchev–Trinajstić information content (AvgIpc) is 2.86. The molecule has 0 saturated carbocycles. The molecule has 1 saturated heterocycles. The highest BCUT2D eigenvalue weighted by atomic mass is 16.2. The first kappa shape index (κ1) is 30.1. The van der Waals surface area contributed by atoms with E-state index in [2.05, 4.69) is 95.3 Å². The molecule has 3 N–H and O–H groups in total. The van der Waals surface area contributed by atoms with Crippen LogP contribution in [0.4, 0.5) is 0 Å². The molecule has 0 aromatic heterocycles. The Morgan fingerprint density at radius 3 is 1.76 bits per heavy atom. The fraction of sp³-hybridized carbons (Fsp3) is 0.929. The first-order chi connectivity index (χ1) is 14.5. The van der Waals surface area contributed by atoms with E-state index in [1.165, 1.54) is 4.90 Å². The molecule has 1 unspecified atom stereocenters. The molecule has 0 bridgehead atoms. The Morgan fingerprint density at radius 2 is 1.30 bits per heavy atom. The molecule has 2 amide bonds. The van der Waals surface area contributed by atoms with Crippen molar-refractivity contribution in [3.05, 3.63) is 0 Å². The Labute approximate surface area is 205 Å². The molecule has 5 nitrogen and oxygen atoms in total. The number of carbonyl (C=O) groups is 2. The van der Waals surface area contributed by atoms with Gasteiger partial charge in [-0.1, -0.05) is 90.0 Å². The molecule has 1 heterocycles. The quantitative estimate of drug-likeness (QED) is 0.396. The van der Waals surface area contributed by atoms with Crippen molar-refractivity contribution < 1.29 is 9.59 Å². The van der Waals surface area contributed by atoms with Gasteiger partial charge in [0.05, 0.1) is 0 Å². The monoisotopic (exact) mass is 465 g/mol. The lowest BCUT2D eigenvalue weighted by atomic mass is 9.46. The average molecular weight is 466 g/mol. The summed E-state index contributed by atoms with van der Waals surface area (Å²) >= 11 is 0. The van der Waals surface area contributed by atoms with Gasteiger partial charge >= 0.3 is 0 Å². The lowest BCUT2D eigenvalue weighted by Gasteiger charge is -2.58. The summed E-state index contributed by atoms with van der Waals surface area (Å²) in [6.45, 7) is 31.9. The van der Waals surface area contributed by atoms with Crippen molar-refractivity contribution in [1.29, 1.82) is 0 Å². The largest absolute Gasteiger partial charge is 0.330 e. The number of amides is 2. The smallest absolute Gasteiger partial charge is 0.232 e. The molecule has 1 rings (SSSR count). The standard InChI is InChI=1S/C28H55N3O2/c1-23(2,3)27(10,11)28(12,13)26(8,9)15-20-14-21(32)31(22(20)33)19-25(6,7)18-30-17-24(4,5)16-29/h20,30H,14-19,29H2,1-13H3. The van der Waals surface area contributed by atoms with Gasteiger partial charge in [-0.25, -0.2) is 0 Å². The zero-order valence-electron chi connectivity index (χ0n) is 24.2. The van der Waals surface area contributed by atoms with Crippen LogP contribution in [0, 0.1) is 38.4 Å². The van der Waals surface area contributed by atoms with E-state index in [1.807, 2.05) is 0 Å². The minimum Gasteiger partial charge on any atom is -0.330 e. The molecule has 0 aromatic rings. The maximum atomic E-state index is 13.4. The molecule has 0 radical (unpaired) electrons. The summed E-state index contributed by atoms with van der Waals surface area (Å²) < 4.78 is 0. The van der Waals surface area contributed by atoms with E-state index in [1.54, 1.807) is 0 Å². The molecule has 1 fully saturated rings. The van der Waals surface area contributed by atoms with Crippen LogP contribution in [0.15, 0.2) is 0 Å². The van der Waals surface area contributed by atoms with E-state index in [4.69, 9.17) is 5.73 Å². The van der Waals surface area contributed by atoms with E-state index in [0.29, 0.717) is 19.5 Å². The Balaban J connectivity index is 2.92. The number of rotatable bonds is 11. The van der Waals surface area contributed by atoms with Gasteiger partial charge in [-0.3, -0.25) is 14.5 Å². The normalized spacial score (nSPS) is 19.6. The van der Waals surface area contributed by atoms with E-state index < -0.39 is 0 Å². The molecular formula is C28H55N3O2. The zero-order valence-corrected chi connectivity index (χ0v) is 24.2. The second-order valence-corrected chi connectivity index (χ2v) is 14.9. The van der Waals surface area contributed by atoms with Crippen LogP contribution < -0.4 is 11.1 Å². The van der Waals surface area contributed by atoms with Crippen molar-refractivity contribution in [3.63, 3.8) is 0 Å². The van der Waals surface area contributed by atoms with Gasteiger partial charge in [-0.15, -0.1) is 0 Å². The highest BCUT2D eigenvalue weighted by molar-refractivity contribution is 6.03. The number of nitrogens with one attached hydrogen (secondary N) is 1. The van der Waals surface area contributed by atoms with Crippen LogP contribution in [-0.2, 0) is 9.59 Å². The highest BCUT2D eigenvalue weighted by Gasteiger charge is 2.54. The first-order valence-electron chi connectivity index (χ1n) is 12.8. The Kier molecular flexibility index (Phi) is 8.76. The number of hydrogen-bond acceptors (Lipinski definition) is 4. The molecule has 1 aliphatic heterocycles. The molecule has 0 aliphatic carbocycles. The van der Waals surface area contributed by atoms with Crippen LogP contribution >= 0.6 is 0 Å². The van der Waals surface area contributed by atoms with Crippen molar-refractivity contribution in [2.45, 2.75) is 103 Å². The summed E-state index contributed by atoms with van der Waals surface area (Å²) in [4.78, 5) is 27.8. The van der Waals surface area contributed by atoms with E-state index in [9.17, 15) is 9.59 Å². The molecule has 1 aliphatic rings. The van der Waals surface area contributed by atoms with E-state index in [-0.39, 0.29) is 50.2 Å². The predicted octanol–water partition coefficient (Wildman–Crippen LogP) is 5.48. The lowest BCUT2D eigenvalue weighted by molar-refractivity contribution is -0.142. The second kappa shape index (κ2) is 9.60. The SMILES string of the molecule is CC(C)(CN)CNCC(C)(C)CN1C(=O)CC(CC(C)(C)C(C)(C)C(C)(C)C(C)(C)C)C1=O. The number of likely N-dealkylation sites (tertiary alicyclic amines) is 1. The Hall–Kier alpha value is -0.940. The summed E-state index contributed by atoms with van der Waals surface area (Å²) in [6, 6.07) is 0. The number of carbonyl (C=O) groups excluding carboxylic acids is 2. The maximum Gasteiger partial charge on any atom is 0.232 e. The summed E-state index contributed by atoms with van der Waals surface area (Å²) in [5.74, 6) is -0.251. The molecule has 0 aromatic carbocycles. The van der Waals surface area contributed by atoms with Gasteiger partial charge in [-0.2, -0.15) is 0 Å². The molecule has 0 spiro atoms. The van der Waals surface area contributed by atoms with Crippen molar-refractivity contribution >= 4 is 11.8 Å². The van der Waals surface area contributed by atoms with Gasteiger partial charge in [0.1, 0.15) is 0 Å². The third-order valence-corrected chi connectivity index (χ3v) is 9.57. The lowest BCUT2D eigenvalue weighted by Crippen LogP contribution is -2.51. The van der Waals surface area contributed by atoms with Crippen LogP contribution in [0.2, 0.25) is 0 Å². The van der Waals surface area contributed by atoms with Gasteiger partial charge in [-0.05, 0) is 45.5 Å². The summed E-state index contributed by atoms with van der Waals surface area (Å²) in [5, 5.41) is 3.49. The Bertz CT molecular complexity index is 711. The van der Waals surface area contributed by atoms with Crippen LogP contribution in [0.1, 0.15) is 103 Å². The number of hydrogen-bond donors (Lipinski definition) is 2. The third-order valence-electron chi connectivity index (χ3n) is 9.57. The summed E-state index contributed by atoms with van der Waals surface area (Å²) in [5.41, 5.74) is 5.68. The van der Waals surface area contributed by atoms with Crippen molar-refractivity contribution in [3.8, 4) is 0 Å². The van der Waals surface area contributed by atoms with E-state index >= 15 is 0 Å². The topological polar surface area (TPSA) is 75.4 Å². The fourth-order valence-corrected chi connectivity index (χ4v) is 5.03. The zero-order chi connectivity index (χ0) is 26.3. The number of imide groups is 1. The van der Waals surface area contributed by atoms with Crippen molar-refractivity contribution in [2.24, 2.45) is 44.1 Å². The van der Waals surface area contributed by atoms with Gasteiger partial charge in [0.15, 0.2) is 0 Å². The van der Waals surface area contributed by atoms with Crippen LogP contribution in [0.3, 0.4) is 0 Å². The van der Waals surface area contributed by atoms with Gasteiger partial charge < -0.3 is 11.1 Å². The second-order valence-electron chi connectivity index (χ2n) is 14.9. The van der Waals surface area contributed by atoms with Crippen LogP contribution in [0.25, 0.3) is 0 Å². The highest BCUT2D eigenvalue weighted by Crippen LogP contribution is 2.60. The van der Waals surface area contributed by atoms with Gasteiger partial charge in [0, 0.05) is 32.0 Å². The molecule has 5 heteroatoms. The van der Waals surface area contributed by atoms with Crippen LogP contribution in [-0.4, -0.2) is 42.9 Å². The maximum absolute atomic E-state index is 13.4. The van der Waals surface area contributed by atoms with E-state index in [0.717, 1.165) is 19.5 Å². The molecule has 33 heavy (non-hydrogen) atoms. The minimum atomic E-state index is -0.234. The first-order valence-corrected chi connectivity index (χ1v) is 12.8. The molecule has 194 valence electrons. The number of nitrogens with zero attached hydrogens (tertiary/aromatic N) is 1. The minimum absolute atomic E-state index is 0.00722. The fourth-order valence-electron chi connectivity index (χ4n) is 5.03. The third kappa shape index (κ3) is 6.60. The van der Waals surface area contributed by atoms with Crippen molar-refractivity contribution in [2.75, 3.05) is 26.2 Å². The van der Waals surface area contributed by atoms with Gasteiger partial charge in [0.2, 0.25) is 11.8 Å². The summed E-state index contributed by atoms with van der Waals surface area (Å²) in [6.07, 6.45) is 1.06. The molecule has 1 atom stereocenters. The Morgan fingerprint density at radius 1 is 0.818 bits per heavy atom. The summed E-state index contributed by atoms with van der Waals surface area (Å²) in [7, 11) is 0. The van der Waals surface area contributed by atoms with Crippen molar-refractivity contribution in [1.82, 2.24) is 10.2 Å². The molecular weight excluding hydrogens is 410 g/mol. The van der Waals surface area contributed by atoms with Crippen LogP contribution in [0.5, 0.6) is 0 Å². The van der Waals surface area contributed by atoms with Gasteiger partial charge in [0.25, 0.3) is 0 Å². The predicted molar refractivity (Wildman–Crippen MR) is 140 cm³/mol. The number of nitrogens with two attached hydrogens (primary N) is 1.